The van der Waals surface area contributed by atoms with Crippen LogP contribution in [0.15, 0.2) is 152 Å². The maximum absolute atomic E-state index is 6.62. The van der Waals surface area contributed by atoms with E-state index in [1.807, 2.05) is 54.6 Å². The first-order valence-electron chi connectivity index (χ1n) is 17.2. The smallest absolute Gasteiger partial charge is 0.170 e. The van der Waals surface area contributed by atoms with Gasteiger partial charge in [0, 0.05) is 22.1 Å². The van der Waals surface area contributed by atoms with Crippen molar-refractivity contribution in [2.75, 3.05) is 0 Å². The van der Waals surface area contributed by atoms with Crippen molar-refractivity contribution in [3.63, 3.8) is 0 Å². The van der Waals surface area contributed by atoms with E-state index >= 15 is 0 Å². The van der Waals surface area contributed by atoms with Gasteiger partial charge in [0.15, 0.2) is 40.5 Å². The molecule has 0 bridgehead atoms. The van der Waals surface area contributed by atoms with Crippen molar-refractivity contribution in [2.45, 2.75) is 19.3 Å². The minimum absolute atomic E-state index is 0.124. The maximum atomic E-state index is 6.62. The van der Waals surface area contributed by atoms with E-state index in [1.54, 1.807) is 0 Å². The molecule has 5 nitrogen and oxygen atoms in total. The van der Waals surface area contributed by atoms with Gasteiger partial charge in [-0.2, -0.15) is 0 Å². The normalized spacial score (nSPS) is 13.4. The Morgan fingerprint density at radius 3 is 1.86 bits per heavy atom. The van der Waals surface area contributed by atoms with Crippen molar-refractivity contribution in [3.05, 3.63) is 163 Å². The van der Waals surface area contributed by atoms with E-state index in [2.05, 4.69) is 111 Å². The number of benzene rings is 7. The molecule has 0 unspecified atom stereocenters. The number of aromatic nitrogens is 3. The molecule has 0 spiro atoms. The second-order valence-corrected chi connectivity index (χ2v) is 13.6. The van der Waals surface area contributed by atoms with Crippen LogP contribution in [0.5, 0.6) is 23.0 Å². The van der Waals surface area contributed by atoms with Crippen LogP contribution in [0.3, 0.4) is 0 Å². The molecule has 2 aliphatic rings. The maximum Gasteiger partial charge on any atom is 0.170 e. The highest BCUT2D eigenvalue weighted by Gasteiger charge is 2.37. The Balaban J connectivity index is 1.08. The van der Waals surface area contributed by atoms with Crippen LogP contribution in [0.25, 0.3) is 67.2 Å². The van der Waals surface area contributed by atoms with Crippen LogP contribution in [0.4, 0.5) is 0 Å². The first kappa shape index (κ1) is 29.3. The van der Waals surface area contributed by atoms with Gasteiger partial charge in [-0.05, 0) is 68.4 Å². The summed E-state index contributed by atoms with van der Waals surface area (Å²) in [4.78, 5) is 15.2. The average molecular weight is 658 g/mol. The number of fused-ring (bicyclic) bond motifs is 6. The zero-order valence-electron chi connectivity index (χ0n) is 28.1. The van der Waals surface area contributed by atoms with Gasteiger partial charge in [-0.3, -0.25) is 0 Å². The fourth-order valence-electron chi connectivity index (χ4n) is 7.63. The molecule has 1 aromatic heterocycles. The second-order valence-electron chi connectivity index (χ2n) is 13.6. The molecule has 0 atom stereocenters. The van der Waals surface area contributed by atoms with Crippen LogP contribution >= 0.6 is 0 Å². The van der Waals surface area contributed by atoms with E-state index in [-0.39, 0.29) is 5.41 Å². The molecule has 0 saturated carbocycles. The summed E-state index contributed by atoms with van der Waals surface area (Å²) in [5.74, 6) is 4.63. The van der Waals surface area contributed by atoms with Crippen LogP contribution in [0.2, 0.25) is 0 Å². The van der Waals surface area contributed by atoms with E-state index < -0.39 is 0 Å². The van der Waals surface area contributed by atoms with E-state index in [0.717, 1.165) is 44.3 Å². The molecular formula is C46H31N3O2. The Hall–Kier alpha value is -6.59. The predicted octanol–water partition coefficient (Wildman–Crippen LogP) is 11.9. The summed E-state index contributed by atoms with van der Waals surface area (Å²) in [6.07, 6.45) is 0. The molecule has 0 fully saturated rings. The molecule has 0 radical (unpaired) electrons. The van der Waals surface area contributed by atoms with Crippen LogP contribution in [0.1, 0.15) is 25.0 Å². The largest absolute Gasteiger partial charge is 0.450 e. The van der Waals surface area contributed by atoms with Gasteiger partial charge >= 0.3 is 0 Å². The SMILES string of the molecule is CC1(C)c2ccccc2-c2cc3c(cc21)Oc1ccc(-c2ccccc2-c2nc(-c4ccccc4)nc(-c4cccc5ccccc45)n2)cc1O3. The van der Waals surface area contributed by atoms with Gasteiger partial charge in [-0.25, -0.2) is 15.0 Å². The van der Waals surface area contributed by atoms with Crippen molar-refractivity contribution >= 4 is 10.8 Å². The summed E-state index contributed by atoms with van der Waals surface area (Å²) in [6.45, 7) is 4.54. The van der Waals surface area contributed by atoms with Crippen molar-refractivity contribution in [2.24, 2.45) is 0 Å². The Bertz CT molecular complexity index is 2680. The highest BCUT2D eigenvalue weighted by atomic mass is 16.6. The summed E-state index contributed by atoms with van der Waals surface area (Å²) in [7, 11) is 0. The van der Waals surface area contributed by atoms with Crippen molar-refractivity contribution < 1.29 is 9.47 Å². The molecular weight excluding hydrogens is 627 g/mol. The third-order valence-electron chi connectivity index (χ3n) is 10.2. The Morgan fingerprint density at radius 1 is 0.392 bits per heavy atom. The molecule has 5 heteroatoms. The molecule has 7 aromatic carbocycles. The van der Waals surface area contributed by atoms with Gasteiger partial charge in [0.05, 0.1) is 0 Å². The Labute approximate surface area is 295 Å². The highest BCUT2D eigenvalue weighted by Crippen LogP contribution is 2.55. The molecule has 242 valence electrons. The summed E-state index contributed by atoms with van der Waals surface area (Å²) in [5.41, 5.74) is 9.60. The standard InChI is InChI=1S/C46H31N3O2/c1-46(2)37-22-11-10-19-33(37)36-26-41-42(27-38(36)46)50-39-24-23-30(25-40(39)51-41)32-18-8-9-20-34(32)44-47-43(29-14-4-3-5-15-29)48-45(49-44)35-21-12-16-28-13-6-7-17-31(28)35/h3-27H,1-2H3. The summed E-state index contributed by atoms with van der Waals surface area (Å²) in [6, 6.07) is 51.9. The fraction of sp³-hybridized carbons (Fsp3) is 0.0652. The van der Waals surface area contributed by atoms with E-state index in [1.165, 1.54) is 22.3 Å². The lowest BCUT2D eigenvalue weighted by Gasteiger charge is -2.25. The Kier molecular flexibility index (Phi) is 6.46. The minimum atomic E-state index is -0.124. The highest BCUT2D eigenvalue weighted by molar-refractivity contribution is 5.95. The fourth-order valence-corrected chi connectivity index (χ4v) is 7.63. The Morgan fingerprint density at radius 2 is 1.00 bits per heavy atom. The van der Waals surface area contributed by atoms with Crippen LogP contribution in [0, 0.1) is 0 Å². The van der Waals surface area contributed by atoms with Gasteiger partial charge in [-0.15, -0.1) is 0 Å². The van der Waals surface area contributed by atoms with Crippen molar-refractivity contribution in [3.8, 4) is 79.4 Å². The van der Waals surface area contributed by atoms with Crippen LogP contribution in [-0.2, 0) is 5.41 Å². The molecule has 0 saturated heterocycles. The first-order chi connectivity index (χ1) is 25.0. The molecule has 8 aromatic rings. The average Bonchev–Trinajstić information content (AvgIpc) is 3.40. The monoisotopic (exact) mass is 657 g/mol. The number of nitrogens with zero attached hydrogens (tertiary/aromatic N) is 3. The van der Waals surface area contributed by atoms with Crippen LogP contribution < -0.4 is 9.47 Å². The minimum Gasteiger partial charge on any atom is -0.450 e. The van der Waals surface area contributed by atoms with Gasteiger partial charge in [0.1, 0.15) is 0 Å². The van der Waals surface area contributed by atoms with Gasteiger partial charge in [0.2, 0.25) is 0 Å². The lowest BCUT2D eigenvalue weighted by Crippen LogP contribution is -2.15. The molecule has 1 aliphatic carbocycles. The van der Waals surface area contributed by atoms with Gasteiger partial charge < -0.3 is 9.47 Å². The molecule has 1 aliphatic heterocycles. The first-order valence-corrected chi connectivity index (χ1v) is 17.2. The van der Waals surface area contributed by atoms with E-state index in [4.69, 9.17) is 24.4 Å². The molecule has 0 amide bonds. The topological polar surface area (TPSA) is 57.1 Å². The van der Waals surface area contributed by atoms with Gasteiger partial charge in [0.25, 0.3) is 0 Å². The predicted molar refractivity (Wildman–Crippen MR) is 203 cm³/mol. The third-order valence-corrected chi connectivity index (χ3v) is 10.2. The van der Waals surface area contributed by atoms with E-state index in [9.17, 15) is 0 Å². The number of rotatable bonds is 4. The lowest BCUT2D eigenvalue weighted by atomic mass is 9.82. The molecule has 0 N–H and O–H groups in total. The molecule has 10 rings (SSSR count). The number of hydrogen-bond donors (Lipinski definition) is 0. The lowest BCUT2D eigenvalue weighted by molar-refractivity contribution is 0.359. The quantitative estimate of drug-likeness (QED) is 0.188. The zero-order chi connectivity index (χ0) is 34.1. The van der Waals surface area contributed by atoms with E-state index in [0.29, 0.717) is 34.7 Å². The summed E-state index contributed by atoms with van der Waals surface area (Å²) >= 11 is 0. The molecule has 2 heterocycles. The third kappa shape index (κ3) is 4.73. The zero-order valence-corrected chi connectivity index (χ0v) is 28.1. The molecule has 51 heavy (non-hydrogen) atoms. The van der Waals surface area contributed by atoms with Crippen LogP contribution in [-0.4, -0.2) is 15.0 Å². The second kappa shape index (κ2) is 11.2. The summed E-state index contributed by atoms with van der Waals surface area (Å²) < 4.78 is 13.1. The number of ether oxygens (including phenoxy) is 2. The number of hydrogen-bond acceptors (Lipinski definition) is 5. The summed E-state index contributed by atoms with van der Waals surface area (Å²) in [5, 5.41) is 2.23. The van der Waals surface area contributed by atoms with Crippen molar-refractivity contribution in [1.29, 1.82) is 0 Å². The van der Waals surface area contributed by atoms with Gasteiger partial charge in [-0.1, -0.05) is 141 Å². The van der Waals surface area contributed by atoms with Crippen molar-refractivity contribution in [1.82, 2.24) is 15.0 Å².